The van der Waals surface area contributed by atoms with Crippen molar-refractivity contribution in [1.82, 2.24) is 0 Å². The highest BCUT2D eigenvalue weighted by atomic mass is 16.4. The van der Waals surface area contributed by atoms with Gasteiger partial charge in [-0.1, -0.05) is 19.8 Å². The van der Waals surface area contributed by atoms with Crippen LogP contribution in [0.15, 0.2) is 0 Å². The van der Waals surface area contributed by atoms with Gasteiger partial charge in [-0.2, -0.15) is 0 Å². The second kappa shape index (κ2) is 4.11. The molecule has 0 spiro atoms. The Morgan fingerprint density at radius 1 is 1.36 bits per heavy atom. The predicted molar refractivity (Wildman–Crippen MR) is 53.0 cm³/mol. The van der Waals surface area contributed by atoms with E-state index in [9.17, 15) is 14.7 Å². The van der Waals surface area contributed by atoms with Crippen molar-refractivity contribution in [3.8, 4) is 0 Å². The fraction of sp³-hybridized carbons (Fsp3) is 0.818. The van der Waals surface area contributed by atoms with E-state index in [0.29, 0.717) is 6.42 Å². The molecule has 0 bridgehead atoms. The Balaban J connectivity index is 2.99. The minimum Gasteiger partial charge on any atom is -0.480 e. The SMILES string of the molecule is CCC(C(C)=O)(C(=O)O)C1CCCC1. The summed E-state index contributed by atoms with van der Waals surface area (Å²) < 4.78 is 0. The Morgan fingerprint density at radius 2 is 1.86 bits per heavy atom. The molecule has 0 aromatic rings. The van der Waals surface area contributed by atoms with E-state index < -0.39 is 11.4 Å². The van der Waals surface area contributed by atoms with Crippen molar-refractivity contribution < 1.29 is 14.7 Å². The minimum absolute atomic E-state index is 0.0579. The molecular weight excluding hydrogens is 180 g/mol. The maximum atomic E-state index is 11.5. The molecule has 0 aliphatic heterocycles. The van der Waals surface area contributed by atoms with Crippen molar-refractivity contribution in [2.24, 2.45) is 11.3 Å². The van der Waals surface area contributed by atoms with Crippen molar-refractivity contribution in [2.45, 2.75) is 46.0 Å². The van der Waals surface area contributed by atoms with E-state index in [0.717, 1.165) is 25.7 Å². The molecule has 0 aromatic heterocycles. The van der Waals surface area contributed by atoms with Gasteiger partial charge in [-0.15, -0.1) is 0 Å². The number of hydrogen-bond donors (Lipinski definition) is 1. The highest BCUT2D eigenvalue weighted by Crippen LogP contribution is 2.43. The molecule has 1 atom stereocenters. The molecule has 0 heterocycles. The van der Waals surface area contributed by atoms with Gasteiger partial charge in [0.25, 0.3) is 0 Å². The van der Waals surface area contributed by atoms with Crippen LogP contribution in [0.3, 0.4) is 0 Å². The third kappa shape index (κ3) is 1.56. The first-order valence-corrected chi connectivity index (χ1v) is 5.30. The first-order chi connectivity index (χ1) is 6.55. The normalized spacial score (nSPS) is 21.9. The third-order valence-electron chi connectivity index (χ3n) is 3.62. The number of carbonyl (C=O) groups is 2. The van der Waals surface area contributed by atoms with E-state index in [-0.39, 0.29) is 11.7 Å². The highest BCUT2D eigenvalue weighted by molar-refractivity contribution is 6.02. The van der Waals surface area contributed by atoms with Gasteiger partial charge in [-0.3, -0.25) is 9.59 Å². The van der Waals surface area contributed by atoms with Crippen LogP contribution in [0.1, 0.15) is 46.0 Å². The number of Topliss-reactive ketones (excluding diaryl/α,β-unsaturated/α-hetero) is 1. The number of rotatable bonds is 4. The molecular formula is C11H18O3. The molecule has 1 aliphatic carbocycles. The van der Waals surface area contributed by atoms with E-state index in [4.69, 9.17) is 0 Å². The van der Waals surface area contributed by atoms with E-state index in [2.05, 4.69) is 0 Å². The number of aliphatic carboxylic acids is 1. The highest BCUT2D eigenvalue weighted by Gasteiger charge is 2.49. The Morgan fingerprint density at radius 3 is 2.14 bits per heavy atom. The summed E-state index contributed by atoms with van der Waals surface area (Å²) in [7, 11) is 0. The fourth-order valence-electron chi connectivity index (χ4n) is 2.72. The average molecular weight is 198 g/mol. The monoisotopic (exact) mass is 198 g/mol. The van der Waals surface area contributed by atoms with Crippen LogP contribution in [0.5, 0.6) is 0 Å². The van der Waals surface area contributed by atoms with Gasteiger partial charge in [0.1, 0.15) is 11.2 Å². The van der Waals surface area contributed by atoms with E-state index in [1.807, 2.05) is 0 Å². The molecule has 14 heavy (non-hydrogen) atoms. The van der Waals surface area contributed by atoms with Crippen LogP contribution in [0, 0.1) is 11.3 Å². The Labute approximate surface area is 84.5 Å². The van der Waals surface area contributed by atoms with E-state index in [1.165, 1.54) is 6.92 Å². The zero-order chi connectivity index (χ0) is 10.8. The summed E-state index contributed by atoms with van der Waals surface area (Å²) in [5.74, 6) is -1.05. The molecule has 1 unspecified atom stereocenters. The summed E-state index contributed by atoms with van der Waals surface area (Å²) in [5.41, 5.74) is -1.10. The van der Waals surface area contributed by atoms with Crippen LogP contribution in [0.25, 0.3) is 0 Å². The molecule has 1 aliphatic rings. The van der Waals surface area contributed by atoms with E-state index in [1.54, 1.807) is 6.92 Å². The topological polar surface area (TPSA) is 54.4 Å². The maximum absolute atomic E-state index is 11.5. The minimum atomic E-state index is -1.10. The lowest BCUT2D eigenvalue weighted by Crippen LogP contribution is -2.43. The molecule has 0 aromatic carbocycles. The van der Waals surface area contributed by atoms with Gasteiger partial charge in [0.05, 0.1) is 0 Å². The lowest BCUT2D eigenvalue weighted by Gasteiger charge is -2.31. The molecule has 80 valence electrons. The summed E-state index contributed by atoms with van der Waals surface area (Å²) in [6.45, 7) is 3.21. The summed E-state index contributed by atoms with van der Waals surface area (Å²) in [4.78, 5) is 22.8. The molecule has 1 N–H and O–H groups in total. The van der Waals surface area contributed by atoms with Crippen LogP contribution in [0.4, 0.5) is 0 Å². The zero-order valence-corrected chi connectivity index (χ0v) is 8.88. The summed E-state index contributed by atoms with van der Waals surface area (Å²) in [6, 6.07) is 0. The Hall–Kier alpha value is -0.860. The Bertz CT molecular complexity index is 225. The van der Waals surface area contributed by atoms with Crippen LogP contribution in [0.2, 0.25) is 0 Å². The van der Waals surface area contributed by atoms with Gasteiger partial charge in [0.15, 0.2) is 0 Å². The second-order valence-corrected chi connectivity index (χ2v) is 4.17. The summed E-state index contributed by atoms with van der Waals surface area (Å²) in [5, 5.41) is 9.23. The maximum Gasteiger partial charge on any atom is 0.317 e. The van der Waals surface area contributed by atoms with Gasteiger partial charge >= 0.3 is 5.97 Å². The van der Waals surface area contributed by atoms with Gasteiger partial charge in [-0.25, -0.2) is 0 Å². The number of carbonyl (C=O) groups excluding carboxylic acids is 1. The fourth-order valence-corrected chi connectivity index (χ4v) is 2.72. The molecule has 1 saturated carbocycles. The van der Waals surface area contributed by atoms with Crippen LogP contribution < -0.4 is 0 Å². The number of ketones is 1. The van der Waals surface area contributed by atoms with E-state index >= 15 is 0 Å². The molecule has 1 rings (SSSR count). The molecule has 3 heteroatoms. The summed E-state index contributed by atoms with van der Waals surface area (Å²) >= 11 is 0. The van der Waals surface area contributed by atoms with Crippen molar-refractivity contribution >= 4 is 11.8 Å². The lowest BCUT2D eigenvalue weighted by atomic mass is 9.69. The average Bonchev–Trinajstić information content (AvgIpc) is 2.58. The van der Waals surface area contributed by atoms with Crippen LogP contribution in [-0.4, -0.2) is 16.9 Å². The quantitative estimate of drug-likeness (QED) is 0.705. The molecule has 0 saturated heterocycles. The van der Waals surface area contributed by atoms with Crippen molar-refractivity contribution in [3.05, 3.63) is 0 Å². The van der Waals surface area contributed by atoms with Crippen LogP contribution >= 0.6 is 0 Å². The second-order valence-electron chi connectivity index (χ2n) is 4.17. The molecule has 1 fully saturated rings. The number of carboxylic acids is 1. The lowest BCUT2D eigenvalue weighted by molar-refractivity contribution is -0.158. The zero-order valence-electron chi connectivity index (χ0n) is 8.88. The van der Waals surface area contributed by atoms with Crippen molar-refractivity contribution in [1.29, 1.82) is 0 Å². The third-order valence-corrected chi connectivity index (χ3v) is 3.62. The number of carboxylic acid groups (broad SMARTS) is 1. The first-order valence-electron chi connectivity index (χ1n) is 5.30. The summed E-state index contributed by atoms with van der Waals surface area (Å²) in [6.07, 6.45) is 4.32. The first kappa shape index (κ1) is 11.2. The Kier molecular flexibility index (Phi) is 3.29. The largest absolute Gasteiger partial charge is 0.480 e. The molecule has 0 radical (unpaired) electrons. The molecule has 0 amide bonds. The molecule has 3 nitrogen and oxygen atoms in total. The van der Waals surface area contributed by atoms with Crippen molar-refractivity contribution in [2.75, 3.05) is 0 Å². The predicted octanol–water partition coefficient (Wildman–Crippen LogP) is 2.25. The van der Waals surface area contributed by atoms with Crippen molar-refractivity contribution in [3.63, 3.8) is 0 Å². The number of hydrogen-bond acceptors (Lipinski definition) is 2. The van der Waals surface area contributed by atoms with Gasteiger partial charge < -0.3 is 5.11 Å². The van der Waals surface area contributed by atoms with Gasteiger partial charge in [0, 0.05) is 0 Å². The van der Waals surface area contributed by atoms with Gasteiger partial charge in [0.2, 0.25) is 0 Å². The van der Waals surface area contributed by atoms with Gasteiger partial charge in [-0.05, 0) is 32.1 Å². The van der Waals surface area contributed by atoms with Crippen LogP contribution in [-0.2, 0) is 9.59 Å². The smallest absolute Gasteiger partial charge is 0.317 e. The standard InChI is InChI=1S/C11H18O3/c1-3-11(8(2)12,10(13)14)9-6-4-5-7-9/h9H,3-7H2,1-2H3,(H,13,14).